The molecular weight excluding hydrogens is 250 g/mol. The summed E-state index contributed by atoms with van der Waals surface area (Å²) in [5, 5.41) is 0. The number of hydrogen-bond donors (Lipinski definition) is 1. The second-order valence-electron chi connectivity index (χ2n) is 8.34. The molecule has 0 aromatic carbocycles. The van der Waals surface area contributed by atoms with Crippen LogP contribution in [-0.2, 0) is 9.47 Å². The Morgan fingerprint density at radius 1 is 1.00 bits per heavy atom. The van der Waals surface area contributed by atoms with Crippen molar-refractivity contribution in [3.05, 3.63) is 0 Å². The van der Waals surface area contributed by atoms with Gasteiger partial charge in [-0.3, -0.25) is 0 Å². The number of ether oxygens (including phenoxy) is 2. The first-order valence-electron chi connectivity index (χ1n) is 8.06. The summed E-state index contributed by atoms with van der Waals surface area (Å²) in [6.45, 7) is 15.1. The summed E-state index contributed by atoms with van der Waals surface area (Å²) in [6, 6.07) is 0. The Balaban J connectivity index is 2.39. The van der Waals surface area contributed by atoms with Gasteiger partial charge in [0.15, 0.2) is 0 Å². The molecule has 1 saturated carbocycles. The van der Waals surface area contributed by atoms with Crippen molar-refractivity contribution in [3.8, 4) is 0 Å². The summed E-state index contributed by atoms with van der Waals surface area (Å²) in [6.07, 6.45) is 4.61. The maximum Gasteiger partial charge on any atom is 0.0805 e. The lowest BCUT2D eigenvalue weighted by atomic mass is 9.68. The molecule has 1 aliphatic rings. The minimum atomic E-state index is -0.108. The largest absolute Gasteiger partial charge is 0.373 e. The van der Waals surface area contributed by atoms with Gasteiger partial charge in [0.05, 0.1) is 24.4 Å². The van der Waals surface area contributed by atoms with Gasteiger partial charge in [0.25, 0.3) is 0 Å². The highest BCUT2D eigenvalue weighted by Gasteiger charge is 2.38. The van der Waals surface area contributed by atoms with Gasteiger partial charge in [0.2, 0.25) is 0 Å². The zero-order chi connectivity index (χ0) is 15.4. The number of rotatable bonds is 5. The van der Waals surface area contributed by atoms with E-state index in [2.05, 4.69) is 41.5 Å². The Bertz CT molecular complexity index is 280. The van der Waals surface area contributed by atoms with E-state index in [0.29, 0.717) is 25.2 Å². The Labute approximate surface area is 125 Å². The van der Waals surface area contributed by atoms with E-state index in [0.717, 1.165) is 18.8 Å². The molecule has 0 heterocycles. The lowest BCUT2D eigenvalue weighted by Gasteiger charge is -2.43. The van der Waals surface area contributed by atoms with Gasteiger partial charge in [-0.2, -0.15) is 0 Å². The third-order valence-corrected chi connectivity index (χ3v) is 4.52. The van der Waals surface area contributed by atoms with Crippen molar-refractivity contribution in [3.63, 3.8) is 0 Å². The van der Waals surface area contributed by atoms with Crippen LogP contribution in [0.4, 0.5) is 0 Å². The molecular formula is C17H35NO2. The van der Waals surface area contributed by atoms with Crippen LogP contribution in [0.15, 0.2) is 0 Å². The quantitative estimate of drug-likeness (QED) is 0.782. The monoisotopic (exact) mass is 285 g/mol. The maximum atomic E-state index is 6.13. The van der Waals surface area contributed by atoms with Crippen molar-refractivity contribution < 1.29 is 9.47 Å². The fourth-order valence-electron chi connectivity index (χ4n) is 3.02. The van der Waals surface area contributed by atoms with Crippen molar-refractivity contribution in [1.29, 1.82) is 0 Å². The minimum absolute atomic E-state index is 0.0941. The number of hydrogen-bond acceptors (Lipinski definition) is 3. The van der Waals surface area contributed by atoms with E-state index in [9.17, 15) is 0 Å². The van der Waals surface area contributed by atoms with Crippen molar-refractivity contribution >= 4 is 0 Å². The smallest absolute Gasteiger partial charge is 0.0805 e. The average Bonchev–Trinajstić information content (AvgIpc) is 2.33. The lowest BCUT2D eigenvalue weighted by molar-refractivity contribution is -0.111. The van der Waals surface area contributed by atoms with E-state index < -0.39 is 0 Å². The molecule has 0 aromatic rings. The van der Waals surface area contributed by atoms with E-state index in [1.807, 2.05) is 0 Å². The summed E-state index contributed by atoms with van der Waals surface area (Å²) < 4.78 is 11.8. The van der Waals surface area contributed by atoms with Gasteiger partial charge in [-0.15, -0.1) is 0 Å². The summed E-state index contributed by atoms with van der Waals surface area (Å²) in [7, 11) is 0. The zero-order valence-electron chi connectivity index (χ0n) is 14.4. The van der Waals surface area contributed by atoms with E-state index in [1.165, 1.54) is 12.8 Å². The lowest BCUT2D eigenvalue weighted by Crippen LogP contribution is -2.46. The highest BCUT2D eigenvalue weighted by molar-refractivity contribution is 4.91. The summed E-state index contributed by atoms with van der Waals surface area (Å²) >= 11 is 0. The van der Waals surface area contributed by atoms with Gasteiger partial charge in [-0.1, -0.05) is 20.8 Å². The Morgan fingerprint density at radius 3 is 1.95 bits per heavy atom. The van der Waals surface area contributed by atoms with E-state index >= 15 is 0 Å². The fourth-order valence-corrected chi connectivity index (χ4v) is 3.02. The van der Waals surface area contributed by atoms with Crippen LogP contribution in [0.5, 0.6) is 0 Å². The van der Waals surface area contributed by atoms with Crippen molar-refractivity contribution in [1.82, 2.24) is 0 Å². The van der Waals surface area contributed by atoms with Gasteiger partial charge >= 0.3 is 0 Å². The molecule has 0 bridgehead atoms. The Hall–Kier alpha value is -0.120. The van der Waals surface area contributed by atoms with Gasteiger partial charge in [0.1, 0.15) is 0 Å². The normalized spacial score (nSPS) is 28.6. The first kappa shape index (κ1) is 17.9. The third-order valence-electron chi connectivity index (χ3n) is 4.52. The van der Waals surface area contributed by atoms with Crippen LogP contribution < -0.4 is 5.73 Å². The summed E-state index contributed by atoms with van der Waals surface area (Å²) in [5.74, 6) is 0.789. The molecule has 0 amide bonds. The second kappa shape index (κ2) is 6.76. The molecule has 20 heavy (non-hydrogen) atoms. The van der Waals surface area contributed by atoms with Crippen LogP contribution in [0.3, 0.4) is 0 Å². The van der Waals surface area contributed by atoms with E-state index in [-0.39, 0.29) is 11.2 Å². The van der Waals surface area contributed by atoms with Crippen LogP contribution >= 0.6 is 0 Å². The SMILES string of the molecule is CC(C)(C)OCCOC1(CN)CCC(C(C)(C)C)CC1. The molecule has 0 saturated heterocycles. The van der Waals surface area contributed by atoms with Crippen LogP contribution in [0, 0.1) is 11.3 Å². The van der Waals surface area contributed by atoms with Gasteiger partial charge < -0.3 is 15.2 Å². The fraction of sp³-hybridized carbons (Fsp3) is 1.00. The van der Waals surface area contributed by atoms with Crippen LogP contribution in [-0.4, -0.2) is 31.0 Å². The molecule has 0 radical (unpaired) electrons. The van der Waals surface area contributed by atoms with E-state index in [4.69, 9.17) is 15.2 Å². The number of nitrogens with two attached hydrogens (primary N) is 1. The average molecular weight is 285 g/mol. The second-order valence-corrected chi connectivity index (χ2v) is 8.34. The molecule has 120 valence electrons. The maximum absolute atomic E-state index is 6.13. The van der Waals surface area contributed by atoms with Crippen molar-refractivity contribution in [2.24, 2.45) is 17.1 Å². The summed E-state index contributed by atoms with van der Waals surface area (Å²) in [4.78, 5) is 0. The van der Waals surface area contributed by atoms with E-state index in [1.54, 1.807) is 0 Å². The van der Waals surface area contributed by atoms with Crippen LogP contribution in [0.25, 0.3) is 0 Å². The van der Waals surface area contributed by atoms with Crippen molar-refractivity contribution in [2.45, 2.75) is 78.4 Å². The molecule has 0 spiro atoms. The first-order valence-corrected chi connectivity index (χ1v) is 8.06. The standard InChI is InChI=1S/C17H35NO2/c1-15(2,3)14-7-9-17(13-18,10-8-14)20-12-11-19-16(4,5)6/h14H,7-13,18H2,1-6H3. The molecule has 0 aliphatic heterocycles. The molecule has 1 aliphatic carbocycles. The third kappa shape index (κ3) is 5.71. The van der Waals surface area contributed by atoms with Gasteiger partial charge in [-0.05, 0) is 57.8 Å². The molecule has 3 heteroatoms. The van der Waals surface area contributed by atoms with Crippen LogP contribution in [0.2, 0.25) is 0 Å². The Morgan fingerprint density at radius 2 is 1.55 bits per heavy atom. The topological polar surface area (TPSA) is 44.5 Å². The highest BCUT2D eigenvalue weighted by atomic mass is 16.5. The van der Waals surface area contributed by atoms with Gasteiger partial charge in [0, 0.05) is 6.54 Å². The molecule has 3 nitrogen and oxygen atoms in total. The highest BCUT2D eigenvalue weighted by Crippen LogP contribution is 2.42. The first-order chi connectivity index (χ1) is 9.08. The molecule has 1 rings (SSSR count). The predicted octanol–water partition coefficient (Wildman–Crippen LogP) is 3.75. The molecule has 2 N–H and O–H groups in total. The molecule has 0 unspecified atom stereocenters. The molecule has 0 atom stereocenters. The molecule has 1 fully saturated rings. The van der Waals surface area contributed by atoms with Gasteiger partial charge in [-0.25, -0.2) is 0 Å². The zero-order valence-corrected chi connectivity index (χ0v) is 14.4. The predicted molar refractivity (Wildman–Crippen MR) is 84.9 cm³/mol. The minimum Gasteiger partial charge on any atom is -0.373 e. The van der Waals surface area contributed by atoms with Crippen LogP contribution in [0.1, 0.15) is 67.2 Å². The molecule has 0 aromatic heterocycles. The summed E-state index contributed by atoms with van der Waals surface area (Å²) in [5.41, 5.74) is 6.19. The Kier molecular flexibility index (Phi) is 6.06. The van der Waals surface area contributed by atoms with Crippen molar-refractivity contribution in [2.75, 3.05) is 19.8 Å².